The molecule has 1 aromatic rings. The van der Waals surface area contributed by atoms with Crippen LogP contribution in [-0.4, -0.2) is 12.5 Å². The summed E-state index contributed by atoms with van der Waals surface area (Å²) in [5, 5.41) is 0. The van der Waals surface area contributed by atoms with Crippen LogP contribution in [0.2, 0.25) is 0 Å². The van der Waals surface area contributed by atoms with E-state index in [0.717, 1.165) is 37.1 Å². The van der Waals surface area contributed by atoms with Gasteiger partial charge in [0, 0.05) is 25.2 Å². The van der Waals surface area contributed by atoms with Crippen molar-refractivity contribution in [2.24, 2.45) is 5.73 Å². The molecule has 1 heterocycles. The summed E-state index contributed by atoms with van der Waals surface area (Å²) in [5.74, 6) is 0.239. The molecule has 92 valence electrons. The molecular weight excluding hydrogens is 212 g/mol. The lowest BCUT2D eigenvalue weighted by atomic mass is 10.1. The van der Waals surface area contributed by atoms with Crippen molar-refractivity contribution >= 4 is 11.6 Å². The van der Waals surface area contributed by atoms with Gasteiger partial charge in [-0.15, -0.1) is 0 Å². The number of hydrogen-bond donors (Lipinski definition) is 1. The highest BCUT2D eigenvalue weighted by molar-refractivity contribution is 5.94. The number of aryl methyl sites for hydroxylation is 1. The quantitative estimate of drug-likeness (QED) is 0.850. The van der Waals surface area contributed by atoms with E-state index in [0.29, 0.717) is 13.0 Å². The third-order valence-electron chi connectivity index (χ3n) is 3.45. The number of carbonyl (C=O) groups excluding carboxylic acids is 1. The first-order valence-electron chi connectivity index (χ1n) is 6.33. The maximum atomic E-state index is 12.1. The van der Waals surface area contributed by atoms with Gasteiger partial charge < -0.3 is 10.6 Å². The normalized spacial score (nSPS) is 17.1. The van der Waals surface area contributed by atoms with Crippen LogP contribution in [0.1, 0.15) is 36.8 Å². The summed E-state index contributed by atoms with van der Waals surface area (Å²) < 4.78 is 0. The molecule has 2 N–H and O–H groups in total. The third-order valence-corrected chi connectivity index (χ3v) is 3.45. The van der Waals surface area contributed by atoms with Crippen molar-refractivity contribution in [1.82, 2.24) is 0 Å². The minimum Gasteiger partial charge on any atom is -0.326 e. The second-order valence-electron chi connectivity index (χ2n) is 4.63. The van der Waals surface area contributed by atoms with Crippen molar-refractivity contribution in [3.8, 4) is 0 Å². The van der Waals surface area contributed by atoms with Crippen LogP contribution >= 0.6 is 0 Å². The first-order chi connectivity index (χ1) is 8.24. The SMILES string of the molecule is Cc1cccc(N2CCCCCC2=O)c1CN. The van der Waals surface area contributed by atoms with E-state index in [1.54, 1.807) is 0 Å². The van der Waals surface area contributed by atoms with Crippen molar-refractivity contribution in [3.63, 3.8) is 0 Å². The molecule has 0 aliphatic carbocycles. The van der Waals surface area contributed by atoms with Crippen LogP contribution in [0.15, 0.2) is 18.2 Å². The largest absolute Gasteiger partial charge is 0.326 e. The van der Waals surface area contributed by atoms with Gasteiger partial charge in [0.2, 0.25) is 5.91 Å². The highest BCUT2D eigenvalue weighted by Crippen LogP contribution is 2.26. The summed E-state index contributed by atoms with van der Waals surface area (Å²) in [4.78, 5) is 14.0. The van der Waals surface area contributed by atoms with Gasteiger partial charge in [-0.1, -0.05) is 18.6 Å². The second-order valence-corrected chi connectivity index (χ2v) is 4.63. The van der Waals surface area contributed by atoms with Crippen LogP contribution in [0.5, 0.6) is 0 Å². The number of carbonyl (C=O) groups is 1. The van der Waals surface area contributed by atoms with Crippen molar-refractivity contribution in [2.45, 2.75) is 39.2 Å². The zero-order chi connectivity index (χ0) is 12.3. The lowest BCUT2D eigenvalue weighted by Crippen LogP contribution is -2.31. The lowest BCUT2D eigenvalue weighted by molar-refractivity contribution is -0.118. The highest BCUT2D eigenvalue weighted by atomic mass is 16.2. The van der Waals surface area contributed by atoms with Gasteiger partial charge >= 0.3 is 0 Å². The molecular formula is C14H20N2O. The minimum atomic E-state index is 0.239. The van der Waals surface area contributed by atoms with Crippen LogP contribution < -0.4 is 10.6 Å². The standard InChI is InChI=1S/C14H20N2O/c1-11-6-5-7-13(12(11)10-15)16-9-4-2-3-8-14(16)17/h5-7H,2-4,8-10,15H2,1H3. The summed E-state index contributed by atoms with van der Waals surface area (Å²) >= 11 is 0. The predicted molar refractivity (Wildman–Crippen MR) is 69.9 cm³/mol. The predicted octanol–water partition coefficient (Wildman–Crippen LogP) is 2.36. The van der Waals surface area contributed by atoms with E-state index in [1.807, 2.05) is 30.0 Å². The lowest BCUT2D eigenvalue weighted by Gasteiger charge is -2.24. The molecule has 1 aliphatic rings. The molecule has 17 heavy (non-hydrogen) atoms. The number of rotatable bonds is 2. The maximum Gasteiger partial charge on any atom is 0.226 e. The van der Waals surface area contributed by atoms with E-state index in [-0.39, 0.29) is 5.91 Å². The Kier molecular flexibility index (Phi) is 3.79. The van der Waals surface area contributed by atoms with E-state index in [9.17, 15) is 4.79 Å². The van der Waals surface area contributed by atoms with Crippen molar-refractivity contribution in [1.29, 1.82) is 0 Å². The number of nitrogens with two attached hydrogens (primary N) is 1. The molecule has 1 aliphatic heterocycles. The molecule has 1 aromatic carbocycles. The van der Waals surface area contributed by atoms with Gasteiger partial charge in [-0.25, -0.2) is 0 Å². The van der Waals surface area contributed by atoms with Gasteiger partial charge in [-0.05, 0) is 37.0 Å². The number of hydrogen-bond acceptors (Lipinski definition) is 2. The van der Waals surface area contributed by atoms with Crippen LogP contribution in [-0.2, 0) is 11.3 Å². The van der Waals surface area contributed by atoms with Crippen LogP contribution in [0.3, 0.4) is 0 Å². The van der Waals surface area contributed by atoms with E-state index in [2.05, 4.69) is 0 Å². The summed E-state index contributed by atoms with van der Waals surface area (Å²) in [7, 11) is 0. The number of benzene rings is 1. The fourth-order valence-electron chi connectivity index (χ4n) is 2.44. The molecule has 1 saturated heterocycles. The molecule has 3 nitrogen and oxygen atoms in total. The van der Waals surface area contributed by atoms with E-state index in [1.165, 1.54) is 5.56 Å². The van der Waals surface area contributed by atoms with Crippen molar-refractivity contribution in [2.75, 3.05) is 11.4 Å². The summed E-state index contributed by atoms with van der Waals surface area (Å²) in [6.45, 7) is 3.37. The van der Waals surface area contributed by atoms with E-state index < -0.39 is 0 Å². The summed E-state index contributed by atoms with van der Waals surface area (Å²) in [5.41, 5.74) is 9.09. The van der Waals surface area contributed by atoms with E-state index in [4.69, 9.17) is 5.73 Å². The third kappa shape index (κ3) is 2.50. The van der Waals surface area contributed by atoms with Crippen LogP contribution in [0.25, 0.3) is 0 Å². The maximum absolute atomic E-state index is 12.1. The molecule has 0 atom stereocenters. The summed E-state index contributed by atoms with van der Waals surface area (Å²) in [6, 6.07) is 6.06. The Morgan fingerprint density at radius 3 is 2.88 bits per heavy atom. The van der Waals surface area contributed by atoms with Gasteiger partial charge in [0.15, 0.2) is 0 Å². The number of amides is 1. The zero-order valence-corrected chi connectivity index (χ0v) is 10.4. The Labute approximate surface area is 103 Å². The molecule has 0 saturated carbocycles. The van der Waals surface area contributed by atoms with Gasteiger partial charge in [0.25, 0.3) is 0 Å². The molecule has 1 amide bonds. The Bertz CT molecular complexity index is 415. The molecule has 0 bridgehead atoms. The molecule has 3 heteroatoms. The Hall–Kier alpha value is -1.35. The van der Waals surface area contributed by atoms with E-state index >= 15 is 0 Å². The smallest absolute Gasteiger partial charge is 0.226 e. The zero-order valence-electron chi connectivity index (χ0n) is 10.4. The van der Waals surface area contributed by atoms with Gasteiger partial charge in [0.1, 0.15) is 0 Å². The first-order valence-corrected chi connectivity index (χ1v) is 6.33. The Morgan fingerprint density at radius 2 is 2.12 bits per heavy atom. The Morgan fingerprint density at radius 1 is 1.29 bits per heavy atom. The monoisotopic (exact) mass is 232 g/mol. The van der Waals surface area contributed by atoms with Gasteiger partial charge in [0.05, 0.1) is 0 Å². The average Bonchev–Trinajstić information content (AvgIpc) is 2.53. The molecule has 0 aromatic heterocycles. The molecule has 0 unspecified atom stereocenters. The second kappa shape index (κ2) is 5.32. The van der Waals surface area contributed by atoms with Gasteiger partial charge in [-0.3, -0.25) is 4.79 Å². The first kappa shape index (κ1) is 12.1. The fraction of sp³-hybridized carbons (Fsp3) is 0.500. The Balaban J connectivity index is 2.37. The fourth-order valence-corrected chi connectivity index (χ4v) is 2.44. The van der Waals surface area contributed by atoms with Gasteiger partial charge in [-0.2, -0.15) is 0 Å². The van der Waals surface area contributed by atoms with Crippen molar-refractivity contribution in [3.05, 3.63) is 29.3 Å². The average molecular weight is 232 g/mol. The highest BCUT2D eigenvalue weighted by Gasteiger charge is 2.20. The number of anilines is 1. The molecule has 1 fully saturated rings. The molecule has 0 radical (unpaired) electrons. The minimum absolute atomic E-state index is 0.239. The summed E-state index contributed by atoms with van der Waals surface area (Å²) in [6.07, 6.45) is 3.91. The topological polar surface area (TPSA) is 46.3 Å². The van der Waals surface area contributed by atoms with Crippen LogP contribution in [0.4, 0.5) is 5.69 Å². The molecule has 2 rings (SSSR count). The van der Waals surface area contributed by atoms with Crippen molar-refractivity contribution < 1.29 is 4.79 Å². The molecule has 0 spiro atoms. The number of nitrogens with zero attached hydrogens (tertiary/aromatic N) is 1. The van der Waals surface area contributed by atoms with Crippen LogP contribution in [0, 0.1) is 6.92 Å².